The molecule has 23 nitrogen and oxygen atoms in total. The lowest BCUT2D eigenvalue weighted by molar-refractivity contribution is -0.897. The van der Waals surface area contributed by atoms with Crippen LogP contribution in [0.25, 0.3) is 22.3 Å². The summed E-state index contributed by atoms with van der Waals surface area (Å²) in [5.41, 5.74) is -3.66. The quantitative estimate of drug-likeness (QED) is 0.0756. The maximum Gasteiger partial charge on any atom is 0.238 e. The lowest BCUT2D eigenvalue weighted by Gasteiger charge is -2.54. The standard InChI is InChI=1S/C24H45NO15.C15H10O7/c1-4-25(5-2)6-7-36-23-20(34)24(35,19(33)11(8-26)40-23)21-17(31)16(30)14(28)12(39-21)9-37-22-18(32)15(29)13(27)10(3)38-22;16-7-4-10(19)12-11(5-7)22-15(14(21)13(12)20)6-1-2-8(17)9(18)3-6/h10-23,26-35H,4-9H2,1-3H3;1-5,16-19,21H/p+1/t10-,11+,12-,13-,14-,15+,16+,17+,18+,19+,20-,21+,22+,23+,24-;/m0./s1. The van der Waals surface area contributed by atoms with Gasteiger partial charge in [-0.25, -0.2) is 0 Å². The van der Waals surface area contributed by atoms with Gasteiger partial charge in [0.25, 0.3) is 0 Å². The first-order valence-electron chi connectivity index (χ1n) is 19.8. The highest BCUT2D eigenvalue weighted by Gasteiger charge is 2.64. The molecule has 0 unspecified atom stereocenters. The third kappa shape index (κ3) is 9.73. The first-order chi connectivity index (χ1) is 29.2. The van der Waals surface area contributed by atoms with E-state index in [1.165, 1.54) is 17.9 Å². The predicted octanol–water partition coefficient (Wildman–Crippen LogP) is -5.22. The Kier molecular flexibility index (Phi) is 16.0. The Balaban J connectivity index is 0.000000276. The van der Waals surface area contributed by atoms with Crippen molar-refractivity contribution in [2.75, 3.05) is 39.5 Å². The molecule has 0 radical (unpaired) electrons. The Hall–Kier alpha value is -3.99. The number of phenols is 4. The number of nitrogens with one attached hydrogen (secondary N) is 1. The summed E-state index contributed by atoms with van der Waals surface area (Å²) >= 11 is 0. The molecule has 15 atom stereocenters. The molecule has 348 valence electrons. The van der Waals surface area contributed by atoms with Gasteiger partial charge in [-0.3, -0.25) is 4.79 Å². The first-order valence-corrected chi connectivity index (χ1v) is 19.8. The summed E-state index contributed by atoms with van der Waals surface area (Å²) in [7, 11) is 0. The molecule has 0 bridgehead atoms. The number of ether oxygens (including phenoxy) is 5. The highest BCUT2D eigenvalue weighted by molar-refractivity contribution is 5.88. The fraction of sp³-hybridized carbons (Fsp3) is 0.615. The van der Waals surface area contributed by atoms with Crippen LogP contribution in [0, 0.1) is 0 Å². The number of rotatable bonds is 12. The van der Waals surface area contributed by atoms with Crippen LogP contribution in [0.2, 0.25) is 0 Å². The number of benzene rings is 2. The fourth-order valence-electron chi connectivity index (χ4n) is 7.49. The van der Waals surface area contributed by atoms with Crippen LogP contribution in [-0.2, 0) is 23.7 Å². The third-order valence-electron chi connectivity index (χ3n) is 11.4. The van der Waals surface area contributed by atoms with E-state index in [-0.39, 0.29) is 40.4 Å². The van der Waals surface area contributed by atoms with E-state index in [1.54, 1.807) is 0 Å². The zero-order valence-electron chi connectivity index (χ0n) is 33.8. The summed E-state index contributed by atoms with van der Waals surface area (Å²) in [6.45, 7) is 6.20. The number of hydrogen-bond donors (Lipinski definition) is 16. The van der Waals surface area contributed by atoms with E-state index in [0.717, 1.165) is 37.4 Å². The molecule has 2 aromatic carbocycles. The van der Waals surface area contributed by atoms with E-state index in [4.69, 9.17) is 28.1 Å². The van der Waals surface area contributed by atoms with Crippen LogP contribution in [0.3, 0.4) is 0 Å². The van der Waals surface area contributed by atoms with Gasteiger partial charge in [0.15, 0.2) is 35.4 Å². The minimum absolute atomic E-state index is 0.0810. The van der Waals surface area contributed by atoms with Crippen LogP contribution < -0.4 is 10.3 Å². The number of aliphatic hydroxyl groups is 10. The predicted molar refractivity (Wildman–Crippen MR) is 207 cm³/mol. The Morgan fingerprint density at radius 2 is 1.37 bits per heavy atom. The number of hydrogen-bond acceptors (Lipinski definition) is 22. The molecule has 3 aliphatic heterocycles. The van der Waals surface area contributed by atoms with Crippen LogP contribution in [0.4, 0.5) is 0 Å². The minimum Gasteiger partial charge on any atom is -0.508 e. The van der Waals surface area contributed by atoms with Gasteiger partial charge < -0.3 is 110 Å². The van der Waals surface area contributed by atoms with Crippen molar-refractivity contribution < 1.29 is 110 Å². The number of aliphatic hydroxyl groups excluding tert-OH is 9. The van der Waals surface area contributed by atoms with Crippen molar-refractivity contribution in [2.45, 2.75) is 112 Å². The van der Waals surface area contributed by atoms with E-state index < -0.39 is 127 Å². The monoisotopic (exact) mass is 890 g/mol. The maximum absolute atomic E-state index is 12.1. The minimum atomic E-state index is -2.77. The van der Waals surface area contributed by atoms with Crippen molar-refractivity contribution in [2.24, 2.45) is 0 Å². The van der Waals surface area contributed by atoms with Gasteiger partial charge in [0.2, 0.25) is 11.2 Å². The number of fused-ring (bicyclic) bond motifs is 1. The molecule has 3 fully saturated rings. The zero-order valence-corrected chi connectivity index (χ0v) is 33.8. The summed E-state index contributed by atoms with van der Waals surface area (Å²) in [4.78, 5) is 13.3. The molecule has 16 N–H and O–H groups in total. The molecule has 4 heterocycles. The van der Waals surface area contributed by atoms with Gasteiger partial charge in [-0.2, -0.15) is 0 Å². The molecular weight excluding hydrogens is 834 g/mol. The van der Waals surface area contributed by atoms with E-state index in [1.807, 2.05) is 13.8 Å². The molecule has 0 saturated carbocycles. The summed E-state index contributed by atoms with van der Waals surface area (Å²) in [6, 6.07) is 5.64. The van der Waals surface area contributed by atoms with E-state index >= 15 is 0 Å². The molecule has 3 aromatic rings. The topological polar surface area (TPSA) is 384 Å². The number of quaternary nitrogens is 1. The summed E-state index contributed by atoms with van der Waals surface area (Å²) in [5.74, 6) is -2.71. The fourth-order valence-corrected chi connectivity index (χ4v) is 7.49. The van der Waals surface area contributed by atoms with Gasteiger partial charge >= 0.3 is 0 Å². The summed E-state index contributed by atoms with van der Waals surface area (Å²) in [6.07, 6.45) is -23.4. The van der Waals surface area contributed by atoms with E-state index in [9.17, 15) is 81.4 Å². The van der Waals surface area contributed by atoms with Crippen LogP contribution in [0.1, 0.15) is 20.8 Å². The summed E-state index contributed by atoms with van der Waals surface area (Å²) < 4.78 is 32.9. The van der Waals surface area contributed by atoms with Crippen LogP contribution >= 0.6 is 0 Å². The van der Waals surface area contributed by atoms with Gasteiger partial charge in [0, 0.05) is 17.7 Å². The second kappa shape index (κ2) is 20.2. The number of aromatic hydroxyl groups is 5. The average molecular weight is 891 g/mol. The van der Waals surface area contributed by atoms with Crippen molar-refractivity contribution in [1.29, 1.82) is 0 Å². The molecule has 3 aliphatic rings. The summed E-state index contributed by atoms with van der Waals surface area (Å²) in [5, 5.41) is 153. The molecule has 0 spiro atoms. The first kappa shape index (κ1) is 49.0. The second-order valence-corrected chi connectivity index (χ2v) is 15.3. The van der Waals surface area contributed by atoms with Crippen molar-refractivity contribution in [1.82, 2.24) is 0 Å². The van der Waals surface area contributed by atoms with Crippen molar-refractivity contribution in [3.05, 3.63) is 40.6 Å². The van der Waals surface area contributed by atoms with Gasteiger partial charge in [-0.15, -0.1) is 0 Å². The SMILES string of the molecule is CC[NH+](CC)CCO[C@@H]1O[C@H](CO)[C@@H](O)[C@@](O)([C@@H]2O[C@@H](CO[C@@H]3O[C@@H](C)[C@H](O)[C@@H](O)[C@H]3O)[C@H](O)[C@@H](O)[C@H]2O)[C@H]1O.O=c1c(O)c(-c2ccc(O)c(O)c2)oc2cc(O)cc(O)c12. The Bertz CT molecular complexity index is 2020. The largest absolute Gasteiger partial charge is 0.508 e. The molecule has 6 rings (SSSR count). The molecule has 62 heavy (non-hydrogen) atoms. The lowest BCUT2D eigenvalue weighted by atomic mass is 9.74. The Labute approximate surface area is 352 Å². The van der Waals surface area contributed by atoms with Gasteiger partial charge in [-0.1, -0.05) is 0 Å². The number of phenolic OH excluding ortho intramolecular Hbond substituents is 4. The van der Waals surface area contributed by atoms with Crippen molar-refractivity contribution >= 4 is 11.0 Å². The van der Waals surface area contributed by atoms with Crippen molar-refractivity contribution in [3.8, 4) is 40.1 Å². The molecular formula is C39H56NO22+. The molecule has 23 heteroatoms. The van der Waals surface area contributed by atoms with Crippen molar-refractivity contribution in [3.63, 3.8) is 0 Å². The number of likely N-dealkylation sites (N-methyl/N-ethyl adjacent to an activating group) is 1. The van der Waals surface area contributed by atoms with Gasteiger partial charge in [0.1, 0.15) is 96.2 Å². The maximum atomic E-state index is 12.1. The van der Waals surface area contributed by atoms with Crippen LogP contribution in [0.15, 0.2) is 39.5 Å². The normalized spacial score (nSPS) is 35.1. The molecule has 1 aromatic heterocycles. The second-order valence-electron chi connectivity index (χ2n) is 15.3. The highest BCUT2D eigenvalue weighted by Crippen LogP contribution is 2.40. The van der Waals surface area contributed by atoms with E-state index in [2.05, 4.69) is 0 Å². The lowest BCUT2D eigenvalue weighted by Crippen LogP contribution is -3.11. The van der Waals surface area contributed by atoms with Crippen LogP contribution in [0.5, 0.6) is 28.7 Å². The zero-order chi connectivity index (χ0) is 46.0. The van der Waals surface area contributed by atoms with E-state index in [0.29, 0.717) is 6.54 Å². The average Bonchev–Trinajstić information content (AvgIpc) is 3.24. The van der Waals surface area contributed by atoms with Crippen LogP contribution in [-0.4, -0.2) is 207 Å². The Morgan fingerprint density at radius 3 is 2.00 bits per heavy atom. The van der Waals surface area contributed by atoms with Gasteiger partial charge in [0.05, 0.1) is 39.0 Å². The Morgan fingerprint density at radius 1 is 0.710 bits per heavy atom. The smallest absolute Gasteiger partial charge is 0.238 e. The third-order valence-corrected chi connectivity index (χ3v) is 11.4. The molecule has 0 aliphatic carbocycles. The highest BCUT2D eigenvalue weighted by atomic mass is 16.7. The molecule has 3 saturated heterocycles. The molecule has 0 amide bonds. The van der Waals surface area contributed by atoms with Gasteiger partial charge in [-0.05, 0) is 39.0 Å².